The third-order valence-corrected chi connectivity index (χ3v) is 2.91. The number of aromatic hydroxyl groups is 1. The van der Waals surface area contributed by atoms with E-state index in [0.29, 0.717) is 12.1 Å². The van der Waals surface area contributed by atoms with Crippen molar-refractivity contribution in [2.75, 3.05) is 6.61 Å². The van der Waals surface area contributed by atoms with Crippen molar-refractivity contribution in [3.63, 3.8) is 0 Å². The lowest BCUT2D eigenvalue weighted by Crippen LogP contribution is -2.00. The molecule has 0 atom stereocenters. The smallest absolute Gasteiger partial charge is 0.141 e. The zero-order valence-corrected chi connectivity index (χ0v) is 10.0. The quantitative estimate of drug-likeness (QED) is 0.847. The molecule has 2 rings (SSSR count). The van der Waals surface area contributed by atoms with Crippen LogP contribution in [-0.2, 0) is 6.42 Å². The normalized spacial score (nSPS) is 10.8. The van der Waals surface area contributed by atoms with Crippen LogP contribution in [0.25, 0.3) is 5.69 Å². The fraction of sp³-hybridized carbons (Fsp3) is 0.308. The average Bonchev–Trinajstić information content (AvgIpc) is 2.58. The lowest BCUT2D eigenvalue weighted by atomic mass is 10.1. The standard InChI is InChI=1S/C13H16N2O2/c1-9-11(7-8-16)10(2)15(14-9)12-5-3-4-6-13(12)17/h3-6,16-17H,7-8H2,1-2H3. The van der Waals surface area contributed by atoms with Gasteiger partial charge in [-0.3, -0.25) is 0 Å². The summed E-state index contributed by atoms with van der Waals surface area (Å²) in [7, 11) is 0. The minimum atomic E-state index is 0.105. The summed E-state index contributed by atoms with van der Waals surface area (Å²) in [6.45, 7) is 3.96. The molecule has 4 heteroatoms. The van der Waals surface area contributed by atoms with Gasteiger partial charge in [0.15, 0.2) is 0 Å². The van der Waals surface area contributed by atoms with Gasteiger partial charge in [-0.05, 0) is 38.0 Å². The van der Waals surface area contributed by atoms with Crippen LogP contribution in [0.3, 0.4) is 0 Å². The number of aliphatic hydroxyl groups is 1. The Kier molecular flexibility index (Phi) is 3.15. The second-order valence-electron chi connectivity index (χ2n) is 4.02. The molecule has 0 aliphatic carbocycles. The van der Waals surface area contributed by atoms with Gasteiger partial charge in [0.1, 0.15) is 11.4 Å². The highest BCUT2D eigenvalue weighted by Crippen LogP contribution is 2.24. The number of aromatic nitrogens is 2. The van der Waals surface area contributed by atoms with E-state index in [4.69, 9.17) is 5.11 Å². The lowest BCUT2D eigenvalue weighted by Gasteiger charge is -2.06. The van der Waals surface area contributed by atoms with Gasteiger partial charge < -0.3 is 10.2 Å². The molecule has 1 aromatic heterocycles. The van der Waals surface area contributed by atoms with E-state index in [9.17, 15) is 5.11 Å². The molecule has 0 radical (unpaired) electrons. The number of phenolic OH excluding ortho intramolecular Hbond substituents is 1. The molecule has 1 aromatic carbocycles. The predicted molar refractivity (Wildman–Crippen MR) is 65.5 cm³/mol. The highest BCUT2D eigenvalue weighted by atomic mass is 16.3. The van der Waals surface area contributed by atoms with Crippen molar-refractivity contribution < 1.29 is 10.2 Å². The van der Waals surface area contributed by atoms with Crippen LogP contribution in [0, 0.1) is 13.8 Å². The van der Waals surface area contributed by atoms with Crippen LogP contribution in [0.4, 0.5) is 0 Å². The first-order chi connectivity index (χ1) is 8.15. The third kappa shape index (κ3) is 2.03. The van der Waals surface area contributed by atoms with E-state index in [2.05, 4.69) is 5.10 Å². The third-order valence-electron chi connectivity index (χ3n) is 2.91. The summed E-state index contributed by atoms with van der Waals surface area (Å²) < 4.78 is 1.72. The molecule has 0 unspecified atom stereocenters. The Hall–Kier alpha value is -1.81. The SMILES string of the molecule is Cc1nn(-c2ccccc2O)c(C)c1CCO. The molecule has 0 aliphatic heterocycles. The molecule has 90 valence electrons. The number of rotatable bonds is 3. The molecule has 1 heterocycles. The zero-order chi connectivity index (χ0) is 12.4. The summed E-state index contributed by atoms with van der Waals surface area (Å²) in [6.07, 6.45) is 0.589. The molecule has 0 aliphatic rings. The Morgan fingerprint density at radius 3 is 2.59 bits per heavy atom. The molecule has 2 N–H and O–H groups in total. The van der Waals surface area contributed by atoms with Gasteiger partial charge in [-0.1, -0.05) is 12.1 Å². The minimum absolute atomic E-state index is 0.105. The Morgan fingerprint density at radius 1 is 1.24 bits per heavy atom. The second kappa shape index (κ2) is 4.59. The number of hydrogen-bond donors (Lipinski definition) is 2. The molecular weight excluding hydrogens is 216 g/mol. The number of aryl methyl sites for hydroxylation is 1. The maximum absolute atomic E-state index is 9.81. The van der Waals surface area contributed by atoms with Crippen molar-refractivity contribution >= 4 is 0 Å². The molecule has 0 bridgehead atoms. The fourth-order valence-corrected chi connectivity index (χ4v) is 2.03. The first-order valence-electron chi connectivity index (χ1n) is 5.59. The van der Waals surface area contributed by atoms with Gasteiger partial charge in [-0.2, -0.15) is 5.10 Å². The Balaban J connectivity index is 2.54. The van der Waals surface area contributed by atoms with Crippen LogP contribution >= 0.6 is 0 Å². The molecule has 0 saturated carbocycles. The van der Waals surface area contributed by atoms with Crippen LogP contribution < -0.4 is 0 Å². The summed E-state index contributed by atoms with van der Waals surface area (Å²) in [5.74, 6) is 0.202. The average molecular weight is 232 g/mol. The summed E-state index contributed by atoms with van der Waals surface area (Å²) >= 11 is 0. The minimum Gasteiger partial charge on any atom is -0.506 e. The molecular formula is C13H16N2O2. The van der Waals surface area contributed by atoms with Crippen molar-refractivity contribution in [1.29, 1.82) is 0 Å². The highest BCUT2D eigenvalue weighted by molar-refractivity contribution is 5.47. The number of hydrogen-bond acceptors (Lipinski definition) is 3. The second-order valence-corrected chi connectivity index (χ2v) is 4.02. The molecule has 4 nitrogen and oxygen atoms in total. The summed E-state index contributed by atoms with van der Waals surface area (Å²) in [4.78, 5) is 0. The zero-order valence-electron chi connectivity index (χ0n) is 10.0. The van der Waals surface area contributed by atoms with Crippen LogP contribution in [0.15, 0.2) is 24.3 Å². The lowest BCUT2D eigenvalue weighted by molar-refractivity contribution is 0.299. The number of aliphatic hydroxyl groups excluding tert-OH is 1. The van der Waals surface area contributed by atoms with Gasteiger partial charge in [-0.15, -0.1) is 0 Å². The van der Waals surface area contributed by atoms with Gasteiger partial charge in [0.25, 0.3) is 0 Å². The van der Waals surface area contributed by atoms with E-state index >= 15 is 0 Å². The van der Waals surface area contributed by atoms with E-state index in [-0.39, 0.29) is 12.4 Å². The van der Waals surface area contributed by atoms with E-state index < -0.39 is 0 Å². The van der Waals surface area contributed by atoms with E-state index in [0.717, 1.165) is 17.0 Å². The summed E-state index contributed by atoms with van der Waals surface area (Å²) in [5, 5.41) is 23.2. The first-order valence-corrected chi connectivity index (χ1v) is 5.59. The monoisotopic (exact) mass is 232 g/mol. The number of para-hydroxylation sites is 2. The van der Waals surface area contributed by atoms with Crippen LogP contribution in [-0.4, -0.2) is 26.6 Å². The summed E-state index contributed by atoms with van der Waals surface area (Å²) in [6, 6.07) is 7.09. The first kappa shape index (κ1) is 11.7. The molecule has 2 aromatic rings. The predicted octanol–water partition coefficient (Wildman–Crippen LogP) is 1.73. The van der Waals surface area contributed by atoms with E-state index in [1.807, 2.05) is 26.0 Å². The topological polar surface area (TPSA) is 58.3 Å². The van der Waals surface area contributed by atoms with Gasteiger partial charge in [-0.25, -0.2) is 4.68 Å². The van der Waals surface area contributed by atoms with Gasteiger partial charge >= 0.3 is 0 Å². The largest absolute Gasteiger partial charge is 0.506 e. The molecule has 17 heavy (non-hydrogen) atoms. The van der Waals surface area contributed by atoms with E-state index in [1.165, 1.54) is 0 Å². The Labute approximate surface area is 100 Å². The van der Waals surface area contributed by atoms with Crippen molar-refractivity contribution in [3.8, 4) is 11.4 Å². The van der Waals surface area contributed by atoms with Crippen LogP contribution in [0.2, 0.25) is 0 Å². The Morgan fingerprint density at radius 2 is 1.94 bits per heavy atom. The maximum atomic E-state index is 9.81. The van der Waals surface area contributed by atoms with Crippen molar-refractivity contribution in [1.82, 2.24) is 9.78 Å². The van der Waals surface area contributed by atoms with Crippen molar-refractivity contribution in [2.24, 2.45) is 0 Å². The molecule has 0 spiro atoms. The number of benzene rings is 1. The van der Waals surface area contributed by atoms with Crippen molar-refractivity contribution in [3.05, 3.63) is 41.2 Å². The molecule has 0 fully saturated rings. The van der Waals surface area contributed by atoms with E-state index in [1.54, 1.807) is 16.8 Å². The maximum Gasteiger partial charge on any atom is 0.141 e. The summed E-state index contributed by atoms with van der Waals surface area (Å²) in [5.41, 5.74) is 3.55. The highest BCUT2D eigenvalue weighted by Gasteiger charge is 2.13. The van der Waals surface area contributed by atoms with Crippen LogP contribution in [0.5, 0.6) is 5.75 Å². The van der Waals surface area contributed by atoms with Gasteiger partial charge in [0, 0.05) is 12.3 Å². The van der Waals surface area contributed by atoms with Gasteiger partial charge in [0.2, 0.25) is 0 Å². The van der Waals surface area contributed by atoms with Gasteiger partial charge in [0.05, 0.1) is 5.69 Å². The molecule has 0 amide bonds. The van der Waals surface area contributed by atoms with Crippen LogP contribution in [0.1, 0.15) is 17.0 Å². The molecule has 0 saturated heterocycles. The fourth-order valence-electron chi connectivity index (χ4n) is 2.03. The van der Waals surface area contributed by atoms with Crippen molar-refractivity contribution in [2.45, 2.75) is 20.3 Å². The Bertz CT molecular complexity index is 532. The number of phenols is 1. The number of nitrogens with zero attached hydrogens (tertiary/aromatic N) is 2.